The summed E-state index contributed by atoms with van der Waals surface area (Å²) < 4.78 is 0. The van der Waals surface area contributed by atoms with Gasteiger partial charge in [0.05, 0.1) is 0 Å². The predicted molar refractivity (Wildman–Crippen MR) is 72.6 cm³/mol. The lowest BCUT2D eigenvalue weighted by Crippen LogP contribution is -2.13. The van der Waals surface area contributed by atoms with Gasteiger partial charge in [0.15, 0.2) is 5.82 Å². The largest absolute Gasteiger partial charge is 0.382 e. The summed E-state index contributed by atoms with van der Waals surface area (Å²) >= 11 is 0. The number of carbonyl (C=O) groups is 1. The highest BCUT2D eigenvalue weighted by atomic mass is 35.5. The summed E-state index contributed by atoms with van der Waals surface area (Å²) in [5.74, 6) is 0.265. The molecule has 0 aliphatic heterocycles. The number of nitrogens with zero attached hydrogens (tertiary/aromatic N) is 1. The van der Waals surface area contributed by atoms with Crippen molar-refractivity contribution in [2.24, 2.45) is 5.73 Å². The third-order valence-corrected chi connectivity index (χ3v) is 2.52. The zero-order chi connectivity index (χ0) is 12.3. The van der Waals surface area contributed by atoms with E-state index in [0.29, 0.717) is 12.2 Å². The molecule has 0 atom stereocenters. The summed E-state index contributed by atoms with van der Waals surface area (Å²) in [6.07, 6.45) is 1.54. The third-order valence-electron chi connectivity index (χ3n) is 2.52. The number of H-pyrrole nitrogens is 1. The lowest BCUT2D eigenvalue weighted by molar-refractivity contribution is 0.0997. The van der Waals surface area contributed by atoms with Gasteiger partial charge in [-0.2, -0.15) is 0 Å². The van der Waals surface area contributed by atoms with Crippen molar-refractivity contribution in [2.45, 2.75) is 12.8 Å². The van der Waals surface area contributed by atoms with Crippen LogP contribution < -0.4 is 11.5 Å². The Hall–Kier alpha value is -2.01. The van der Waals surface area contributed by atoms with Gasteiger partial charge in [0.25, 0.3) is 5.91 Å². The first-order chi connectivity index (χ1) is 8.16. The van der Waals surface area contributed by atoms with E-state index in [4.69, 9.17) is 11.5 Å². The van der Waals surface area contributed by atoms with Gasteiger partial charge in [-0.15, -0.1) is 12.4 Å². The summed E-state index contributed by atoms with van der Waals surface area (Å²) in [7, 11) is 0. The standard InChI is InChI=1S/C12H14N4O.ClH/c13-11-10(12(14)17)15-9(16-11)7-6-8-4-2-1-3-5-8;/h1-5H,6-7,13H2,(H2,14,17)(H,15,16);1H. The lowest BCUT2D eigenvalue weighted by Gasteiger charge is -1.98. The van der Waals surface area contributed by atoms with E-state index in [0.717, 1.165) is 6.42 Å². The Morgan fingerprint density at radius 1 is 1.22 bits per heavy atom. The highest BCUT2D eigenvalue weighted by molar-refractivity contribution is 5.95. The number of amides is 1. The normalized spacial score (nSPS) is 9.78. The number of hydrogen-bond donors (Lipinski definition) is 3. The van der Waals surface area contributed by atoms with Crippen molar-refractivity contribution in [3.63, 3.8) is 0 Å². The van der Waals surface area contributed by atoms with Gasteiger partial charge < -0.3 is 16.5 Å². The number of carbonyl (C=O) groups excluding carboxylic acids is 1. The number of nitrogens with one attached hydrogen (secondary N) is 1. The molecule has 0 spiro atoms. The Bertz CT molecular complexity index is 524. The van der Waals surface area contributed by atoms with Crippen LogP contribution in [0.4, 0.5) is 5.82 Å². The second kappa shape index (κ2) is 6.07. The number of rotatable bonds is 4. The fourth-order valence-corrected chi connectivity index (χ4v) is 1.65. The SMILES string of the molecule is Cl.NC(=O)c1[nH]c(CCc2ccccc2)nc1N. The van der Waals surface area contributed by atoms with Crippen LogP contribution in [-0.2, 0) is 12.8 Å². The lowest BCUT2D eigenvalue weighted by atomic mass is 10.1. The number of aryl methyl sites for hydroxylation is 2. The predicted octanol–water partition coefficient (Wildman–Crippen LogP) is 1.30. The van der Waals surface area contributed by atoms with E-state index in [-0.39, 0.29) is 23.9 Å². The molecule has 1 heterocycles. The highest BCUT2D eigenvalue weighted by Gasteiger charge is 2.11. The van der Waals surface area contributed by atoms with E-state index < -0.39 is 5.91 Å². The summed E-state index contributed by atoms with van der Waals surface area (Å²) in [6, 6.07) is 10.0. The van der Waals surface area contributed by atoms with Gasteiger partial charge in [0.2, 0.25) is 0 Å². The third kappa shape index (κ3) is 3.24. The van der Waals surface area contributed by atoms with Crippen molar-refractivity contribution in [1.29, 1.82) is 0 Å². The van der Waals surface area contributed by atoms with Crippen molar-refractivity contribution in [3.8, 4) is 0 Å². The number of imidazole rings is 1. The fourth-order valence-electron chi connectivity index (χ4n) is 1.65. The zero-order valence-corrected chi connectivity index (χ0v) is 10.5. The number of halogens is 1. The van der Waals surface area contributed by atoms with Crippen LogP contribution in [0.1, 0.15) is 21.9 Å². The quantitative estimate of drug-likeness (QED) is 0.778. The molecule has 6 heteroatoms. The topological polar surface area (TPSA) is 97.8 Å². The van der Waals surface area contributed by atoms with Crippen LogP contribution in [0.5, 0.6) is 0 Å². The molecular weight excluding hydrogens is 252 g/mol. The van der Waals surface area contributed by atoms with Gasteiger partial charge in [-0.25, -0.2) is 4.98 Å². The molecule has 5 nitrogen and oxygen atoms in total. The smallest absolute Gasteiger partial charge is 0.269 e. The second-order valence-electron chi connectivity index (χ2n) is 3.79. The monoisotopic (exact) mass is 266 g/mol. The molecule has 1 amide bonds. The fraction of sp³-hybridized carbons (Fsp3) is 0.167. The van der Waals surface area contributed by atoms with Gasteiger partial charge >= 0.3 is 0 Å². The Morgan fingerprint density at radius 2 is 1.89 bits per heavy atom. The van der Waals surface area contributed by atoms with E-state index in [1.54, 1.807) is 0 Å². The second-order valence-corrected chi connectivity index (χ2v) is 3.79. The number of hydrogen-bond acceptors (Lipinski definition) is 3. The first-order valence-corrected chi connectivity index (χ1v) is 5.35. The molecular formula is C12H15ClN4O. The van der Waals surface area contributed by atoms with Crippen LogP contribution in [0.3, 0.4) is 0 Å². The van der Waals surface area contributed by atoms with Gasteiger partial charge in [-0.3, -0.25) is 4.79 Å². The first-order valence-electron chi connectivity index (χ1n) is 5.35. The Labute approximate surface area is 111 Å². The van der Waals surface area contributed by atoms with Crippen LogP contribution in [0.2, 0.25) is 0 Å². The summed E-state index contributed by atoms with van der Waals surface area (Å²) in [4.78, 5) is 17.9. The van der Waals surface area contributed by atoms with Crippen LogP contribution in [0, 0.1) is 0 Å². The van der Waals surface area contributed by atoms with Crippen LogP contribution >= 0.6 is 12.4 Å². The number of nitrogen functional groups attached to an aromatic ring is 1. The maximum atomic E-state index is 11.0. The molecule has 1 aromatic heterocycles. The molecule has 0 saturated heterocycles. The molecule has 2 aromatic rings. The Morgan fingerprint density at radius 3 is 2.44 bits per heavy atom. The van der Waals surface area contributed by atoms with Crippen LogP contribution in [0.15, 0.2) is 30.3 Å². The summed E-state index contributed by atoms with van der Waals surface area (Å²) in [5.41, 5.74) is 12.1. The average Bonchev–Trinajstić information content (AvgIpc) is 2.69. The van der Waals surface area contributed by atoms with Crippen molar-refractivity contribution in [3.05, 3.63) is 47.4 Å². The average molecular weight is 267 g/mol. The van der Waals surface area contributed by atoms with E-state index in [2.05, 4.69) is 9.97 Å². The Balaban J connectivity index is 0.00000162. The van der Waals surface area contributed by atoms with Gasteiger partial charge in [0, 0.05) is 6.42 Å². The van der Waals surface area contributed by atoms with E-state index in [1.165, 1.54) is 5.56 Å². The molecule has 0 aliphatic rings. The molecule has 96 valence electrons. The molecule has 1 aromatic carbocycles. The van der Waals surface area contributed by atoms with Gasteiger partial charge in [0.1, 0.15) is 11.5 Å². The summed E-state index contributed by atoms with van der Waals surface area (Å²) in [5, 5.41) is 0. The minimum absolute atomic E-state index is 0. The van der Waals surface area contributed by atoms with Crippen LogP contribution in [-0.4, -0.2) is 15.9 Å². The molecule has 0 unspecified atom stereocenters. The molecule has 5 N–H and O–H groups in total. The van der Waals surface area contributed by atoms with Gasteiger partial charge in [-0.1, -0.05) is 30.3 Å². The maximum Gasteiger partial charge on any atom is 0.269 e. The minimum Gasteiger partial charge on any atom is -0.382 e. The number of anilines is 1. The number of benzene rings is 1. The number of aromatic nitrogens is 2. The molecule has 2 rings (SSSR count). The van der Waals surface area contributed by atoms with Crippen molar-refractivity contribution < 1.29 is 4.79 Å². The maximum absolute atomic E-state index is 11.0. The first kappa shape index (κ1) is 14.1. The van der Waals surface area contributed by atoms with Gasteiger partial charge in [-0.05, 0) is 12.0 Å². The van der Waals surface area contributed by atoms with Crippen molar-refractivity contribution in [1.82, 2.24) is 9.97 Å². The Kier molecular flexibility index (Phi) is 4.74. The molecule has 0 aliphatic carbocycles. The zero-order valence-electron chi connectivity index (χ0n) is 9.72. The molecule has 0 radical (unpaired) electrons. The summed E-state index contributed by atoms with van der Waals surface area (Å²) in [6.45, 7) is 0. The minimum atomic E-state index is -0.582. The number of nitrogens with two attached hydrogens (primary N) is 2. The molecule has 0 fully saturated rings. The molecule has 18 heavy (non-hydrogen) atoms. The molecule has 0 saturated carbocycles. The van der Waals surface area contributed by atoms with E-state index in [1.807, 2.05) is 30.3 Å². The van der Waals surface area contributed by atoms with Crippen LogP contribution in [0.25, 0.3) is 0 Å². The highest BCUT2D eigenvalue weighted by Crippen LogP contribution is 2.10. The van der Waals surface area contributed by atoms with Crippen molar-refractivity contribution in [2.75, 3.05) is 5.73 Å². The van der Waals surface area contributed by atoms with Crippen molar-refractivity contribution >= 4 is 24.1 Å². The molecule has 0 bridgehead atoms. The number of primary amides is 1. The van der Waals surface area contributed by atoms with E-state index in [9.17, 15) is 4.79 Å². The number of aromatic amines is 1. The van der Waals surface area contributed by atoms with E-state index >= 15 is 0 Å².